The largest absolute Gasteiger partial charge is 0.497 e. The van der Waals surface area contributed by atoms with Gasteiger partial charge < -0.3 is 24.4 Å². The number of amides is 2. The Hall–Kier alpha value is -4.26. The van der Waals surface area contributed by atoms with E-state index in [0.29, 0.717) is 41.3 Å². The number of urea groups is 1. The van der Waals surface area contributed by atoms with Crippen molar-refractivity contribution in [3.63, 3.8) is 0 Å². The van der Waals surface area contributed by atoms with Gasteiger partial charge in [0.2, 0.25) is 0 Å². The number of alkyl halides is 3. The summed E-state index contributed by atoms with van der Waals surface area (Å²) in [7, 11) is 5.99. The Morgan fingerprint density at radius 3 is 2.32 bits per heavy atom. The van der Waals surface area contributed by atoms with Crippen LogP contribution in [0.1, 0.15) is 17.5 Å². The lowest BCUT2D eigenvalue weighted by Gasteiger charge is -2.24. The molecule has 2 aliphatic heterocycles. The van der Waals surface area contributed by atoms with Gasteiger partial charge in [-0.2, -0.15) is 23.0 Å². The molecule has 2 aromatic carbocycles. The quantitative estimate of drug-likeness (QED) is 0.499. The molecule has 10 nitrogen and oxygen atoms in total. The molecule has 218 valence electrons. The van der Waals surface area contributed by atoms with Gasteiger partial charge in [0.15, 0.2) is 0 Å². The topological polar surface area (TPSA) is 100 Å². The Balaban J connectivity index is 1.82. The summed E-state index contributed by atoms with van der Waals surface area (Å²) >= 11 is 0. The number of carbonyl (C=O) groups is 1. The average molecular weight is 574 g/mol. The molecule has 1 saturated heterocycles. The van der Waals surface area contributed by atoms with Gasteiger partial charge in [-0.1, -0.05) is 0 Å². The number of aliphatic hydroxyl groups excluding tert-OH is 1. The number of rotatable bonds is 5. The van der Waals surface area contributed by atoms with Crippen LogP contribution in [0.2, 0.25) is 0 Å². The van der Waals surface area contributed by atoms with Crippen LogP contribution in [-0.2, 0) is 12.6 Å². The number of anilines is 2. The van der Waals surface area contributed by atoms with E-state index in [2.05, 4.69) is 5.10 Å². The van der Waals surface area contributed by atoms with Crippen LogP contribution in [0.4, 0.5) is 29.3 Å². The summed E-state index contributed by atoms with van der Waals surface area (Å²) in [6, 6.07) is 7.92. The Labute approximate surface area is 234 Å². The summed E-state index contributed by atoms with van der Waals surface area (Å²) in [5.74, 6) is 0.829. The number of benzene rings is 2. The van der Waals surface area contributed by atoms with Crippen LogP contribution >= 0.6 is 0 Å². The van der Waals surface area contributed by atoms with E-state index in [1.54, 1.807) is 23.1 Å². The number of fused-ring (bicyclic) bond motifs is 1. The summed E-state index contributed by atoms with van der Waals surface area (Å²) in [6.07, 6.45) is -4.68. The number of nitrogens with zero attached hydrogens (tertiary/aromatic N) is 5. The monoisotopic (exact) mass is 573 g/mol. The van der Waals surface area contributed by atoms with Gasteiger partial charge in [-0.05, 0) is 43.2 Å². The van der Waals surface area contributed by atoms with Gasteiger partial charge in [0.05, 0.1) is 37.3 Å². The number of hydrogen-bond donors (Lipinski definition) is 1. The zero-order valence-corrected chi connectivity index (χ0v) is 23.0. The first kappa shape index (κ1) is 28.3. The first-order valence-electron chi connectivity index (χ1n) is 13.0. The zero-order valence-electron chi connectivity index (χ0n) is 23.0. The van der Waals surface area contributed by atoms with Crippen molar-refractivity contribution in [2.24, 2.45) is 0 Å². The number of hydrogen-bond acceptors (Lipinski definition) is 7. The summed E-state index contributed by atoms with van der Waals surface area (Å²) in [4.78, 5) is 31.4. The molecular formula is C28H30F3N5O5. The van der Waals surface area contributed by atoms with Crippen LogP contribution < -0.4 is 24.8 Å². The van der Waals surface area contributed by atoms with Gasteiger partial charge in [-0.15, -0.1) is 0 Å². The molecule has 0 spiro atoms. The van der Waals surface area contributed by atoms with E-state index in [1.165, 1.54) is 50.2 Å². The predicted octanol–water partition coefficient (Wildman–Crippen LogP) is 3.55. The van der Waals surface area contributed by atoms with Gasteiger partial charge in [-0.25, -0.2) is 4.79 Å². The fraction of sp³-hybridized carbons (Fsp3) is 0.393. The number of aliphatic hydroxyl groups is 1. The molecule has 1 fully saturated rings. The molecule has 13 heteroatoms. The third-order valence-electron chi connectivity index (χ3n) is 7.30. The fourth-order valence-electron chi connectivity index (χ4n) is 5.28. The molecule has 3 heterocycles. The number of aromatic nitrogens is 2. The van der Waals surface area contributed by atoms with Crippen molar-refractivity contribution in [2.75, 3.05) is 57.7 Å². The maximum absolute atomic E-state index is 14.3. The predicted molar refractivity (Wildman–Crippen MR) is 146 cm³/mol. The molecule has 41 heavy (non-hydrogen) atoms. The van der Waals surface area contributed by atoms with E-state index in [1.807, 2.05) is 0 Å². The minimum atomic E-state index is -4.81. The Morgan fingerprint density at radius 1 is 1.07 bits per heavy atom. The van der Waals surface area contributed by atoms with E-state index in [0.717, 1.165) is 10.7 Å². The molecule has 3 aromatic rings. The van der Waals surface area contributed by atoms with E-state index in [4.69, 9.17) is 9.47 Å². The molecule has 1 N–H and O–H groups in total. The van der Waals surface area contributed by atoms with Crippen LogP contribution in [0.5, 0.6) is 11.5 Å². The molecule has 0 unspecified atom stereocenters. The summed E-state index contributed by atoms with van der Waals surface area (Å²) in [5.41, 5.74) is -0.925. The van der Waals surface area contributed by atoms with Crippen molar-refractivity contribution < 1.29 is 32.5 Å². The highest BCUT2D eigenvalue weighted by atomic mass is 19.4. The van der Waals surface area contributed by atoms with Crippen molar-refractivity contribution in [2.45, 2.75) is 25.1 Å². The lowest BCUT2D eigenvalue weighted by atomic mass is 10.0. The summed E-state index contributed by atoms with van der Waals surface area (Å²) in [6.45, 7) is 0.842. The maximum atomic E-state index is 14.3. The summed E-state index contributed by atoms with van der Waals surface area (Å²) in [5, 5.41) is 14.5. The van der Waals surface area contributed by atoms with Gasteiger partial charge in [0, 0.05) is 56.6 Å². The lowest BCUT2D eigenvalue weighted by molar-refractivity contribution is -0.137. The van der Waals surface area contributed by atoms with Crippen molar-refractivity contribution in [1.29, 1.82) is 0 Å². The van der Waals surface area contributed by atoms with E-state index in [9.17, 15) is 27.9 Å². The molecule has 0 bridgehead atoms. The molecule has 0 aliphatic carbocycles. The number of ether oxygens (including phenoxy) is 2. The Bertz CT molecular complexity index is 1530. The van der Waals surface area contributed by atoms with Gasteiger partial charge in [0.1, 0.15) is 17.2 Å². The second kappa shape index (κ2) is 10.6. The SMILES string of the molecule is COc1cc(OC)cc(-c2nn(-c3cc(N4CC[C@H](O)C4)ccc3C(F)(F)F)c(=O)c3c2CCN3C(=O)N(C)C)c1. The second-order valence-corrected chi connectivity index (χ2v) is 10.2. The standard InChI is InChI=1S/C28H30F3N5O5/c1-33(2)27(39)35-10-8-21-24(16-11-19(40-3)14-20(12-16)41-4)32-36(26(38)25(21)35)23-13-17(34-9-7-18(37)15-34)5-6-22(23)28(29,30)31/h5-6,11-14,18,37H,7-10,15H2,1-4H3/t18-/m0/s1. The first-order valence-corrected chi connectivity index (χ1v) is 13.0. The molecule has 0 saturated carbocycles. The normalized spacial score (nSPS) is 16.6. The fourth-order valence-corrected chi connectivity index (χ4v) is 5.28. The van der Waals surface area contributed by atoms with Crippen molar-refractivity contribution in [3.8, 4) is 28.4 Å². The Kier molecular flexibility index (Phi) is 7.32. The first-order chi connectivity index (χ1) is 19.4. The highest BCUT2D eigenvalue weighted by molar-refractivity contribution is 5.95. The van der Waals surface area contributed by atoms with Gasteiger partial charge in [-0.3, -0.25) is 9.69 Å². The van der Waals surface area contributed by atoms with Gasteiger partial charge in [0.25, 0.3) is 5.56 Å². The van der Waals surface area contributed by atoms with Crippen LogP contribution in [0.15, 0.2) is 41.2 Å². The molecule has 1 atom stereocenters. The molecule has 5 rings (SSSR count). The number of β-amino-alcohol motifs (C(OH)–C–C–N with tert-alkyl or cyclic N) is 1. The van der Waals surface area contributed by atoms with Crippen LogP contribution in [0, 0.1) is 0 Å². The van der Waals surface area contributed by atoms with Crippen molar-refractivity contribution in [1.82, 2.24) is 14.7 Å². The van der Waals surface area contributed by atoms with E-state index < -0.39 is 35.1 Å². The van der Waals surface area contributed by atoms with E-state index in [-0.39, 0.29) is 30.9 Å². The van der Waals surface area contributed by atoms with E-state index >= 15 is 0 Å². The third kappa shape index (κ3) is 5.17. The maximum Gasteiger partial charge on any atom is 0.418 e. The summed E-state index contributed by atoms with van der Waals surface area (Å²) < 4.78 is 54.5. The molecule has 1 aromatic heterocycles. The third-order valence-corrected chi connectivity index (χ3v) is 7.30. The number of methoxy groups -OCH3 is 2. The van der Waals surface area contributed by atoms with Crippen molar-refractivity contribution in [3.05, 3.63) is 57.9 Å². The van der Waals surface area contributed by atoms with Crippen LogP contribution in [0.25, 0.3) is 16.9 Å². The minimum absolute atomic E-state index is 0.0365. The van der Waals surface area contributed by atoms with Crippen molar-refractivity contribution >= 4 is 17.4 Å². The molecular weight excluding hydrogens is 543 g/mol. The lowest BCUT2D eigenvalue weighted by Crippen LogP contribution is -2.41. The highest BCUT2D eigenvalue weighted by Crippen LogP contribution is 2.39. The van der Waals surface area contributed by atoms with Gasteiger partial charge >= 0.3 is 12.2 Å². The van der Waals surface area contributed by atoms with Crippen LogP contribution in [0.3, 0.4) is 0 Å². The average Bonchev–Trinajstić information content (AvgIpc) is 3.58. The van der Waals surface area contributed by atoms with Crippen LogP contribution in [-0.4, -0.2) is 79.9 Å². The smallest absolute Gasteiger partial charge is 0.418 e. The molecule has 2 aliphatic rings. The molecule has 2 amide bonds. The highest BCUT2D eigenvalue weighted by Gasteiger charge is 2.38. The second-order valence-electron chi connectivity index (χ2n) is 10.2. The Morgan fingerprint density at radius 2 is 1.76 bits per heavy atom. The minimum Gasteiger partial charge on any atom is -0.497 e. The number of halogens is 3. The zero-order chi connectivity index (χ0) is 29.6. The molecule has 0 radical (unpaired) electrons. The number of carbonyl (C=O) groups excluding carboxylic acids is 1.